The van der Waals surface area contributed by atoms with Crippen LogP contribution in [0.25, 0.3) is 0 Å². The van der Waals surface area contributed by atoms with E-state index in [1.807, 2.05) is 43.1 Å². The predicted octanol–water partition coefficient (Wildman–Crippen LogP) is 1.93. The van der Waals surface area contributed by atoms with Gasteiger partial charge < -0.3 is 15.5 Å². The van der Waals surface area contributed by atoms with Crippen LogP contribution < -0.4 is 10.6 Å². The van der Waals surface area contributed by atoms with Gasteiger partial charge in [0.1, 0.15) is 0 Å². The average Bonchev–Trinajstić information content (AvgIpc) is 2.44. The second-order valence-electron chi connectivity index (χ2n) is 4.75. The second-order valence-corrected chi connectivity index (χ2v) is 5.13. The van der Waals surface area contributed by atoms with Crippen molar-refractivity contribution in [3.8, 4) is 0 Å². The number of hydrogen-bond acceptors (Lipinski definition) is 2. The zero-order valence-corrected chi connectivity index (χ0v) is 13.0. The summed E-state index contributed by atoms with van der Waals surface area (Å²) < 4.78 is 0. The first kappa shape index (κ1) is 16.2. The quantitative estimate of drug-likeness (QED) is 0.643. The molecular formula is C15H21N3OS. The van der Waals surface area contributed by atoms with Gasteiger partial charge in [-0.3, -0.25) is 4.79 Å². The molecule has 0 heterocycles. The maximum Gasteiger partial charge on any atom is 0.251 e. The van der Waals surface area contributed by atoms with Crippen LogP contribution in [0.4, 0.5) is 0 Å². The van der Waals surface area contributed by atoms with Gasteiger partial charge in [0.2, 0.25) is 0 Å². The van der Waals surface area contributed by atoms with E-state index in [2.05, 4.69) is 17.2 Å². The van der Waals surface area contributed by atoms with Crippen molar-refractivity contribution in [2.24, 2.45) is 0 Å². The standard InChI is InChI=1S/C15H21N3OS/c1-11(2)9-17-15(20)18(4)10-12-5-7-13(8-6-12)14(19)16-3/h5-8H,1,9-10H2,2-4H3,(H,16,19)(H,17,20). The monoisotopic (exact) mass is 291 g/mol. The number of thiocarbonyl (C=S) groups is 1. The molecule has 1 aromatic carbocycles. The first-order valence-electron chi connectivity index (χ1n) is 6.38. The summed E-state index contributed by atoms with van der Waals surface area (Å²) in [5.74, 6) is -0.0800. The van der Waals surface area contributed by atoms with Crippen LogP contribution in [0, 0.1) is 0 Å². The van der Waals surface area contributed by atoms with E-state index in [1.165, 1.54) is 0 Å². The highest BCUT2D eigenvalue weighted by Crippen LogP contribution is 2.07. The van der Waals surface area contributed by atoms with Gasteiger partial charge in [-0.2, -0.15) is 0 Å². The fraction of sp³-hybridized carbons (Fsp3) is 0.333. The third-order valence-corrected chi connectivity index (χ3v) is 3.21. The molecule has 0 unspecified atom stereocenters. The van der Waals surface area contributed by atoms with Gasteiger partial charge in [0.15, 0.2) is 5.11 Å². The molecular weight excluding hydrogens is 270 g/mol. The first-order chi connectivity index (χ1) is 9.43. The molecule has 0 aliphatic carbocycles. The highest BCUT2D eigenvalue weighted by molar-refractivity contribution is 7.80. The minimum Gasteiger partial charge on any atom is -0.359 e. The fourth-order valence-electron chi connectivity index (χ4n) is 1.61. The van der Waals surface area contributed by atoms with Gasteiger partial charge in [-0.1, -0.05) is 24.3 Å². The van der Waals surface area contributed by atoms with Crippen LogP contribution in [0.15, 0.2) is 36.4 Å². The molecule has 1 aromatic rings. The number of carbonyl (C=O) groups is 1. The fourth-order valence-corrected chi connectivity index (χ4v) is 1.75. The van der Waals surface area contributed by atoms with Gasteiger partial charge in [-0.05, 0) is 36.8 Å². The van der Waals surface area contributed by atoms with Gasteiger partial charge in [0.25, 0.3) is 5.91 Å². The predicted molar refractivity (Wildman–Crippen MR) is 86.7 cm³/mol. The summed E-state index contributed by atoms with van der Waals surface area (Å²) in [6.45, 7) is 7.15. The number of benzene rings is 1. The molecule has 0 aliphatic rings. The maximum absolute atomic E-state index is 11.4. The lowest BCUT2D eigenvalue weighted by Crippen LogP contribution is -2.37. The number of nitrogens with one attached hydrogen (secondary N) is 2. The lowest BCUT2D eigenvalue weighted by atomic mass is 10.1. The minimum absolute atomic E-state index is 0.0800. The summed E-state index contributed by atoms with van der Waals surface area (Å²) >= 11 is 5.29. The van der Waals surface area contributed by atoms with E-state index in [4.69, 9.17) is 12.2 Å². The Labute approximate surface area is 125 Å². The van der Waals surface area contributed by atoms with Crippen LogP contribution >= 0.6 is 12.2 Å². The molecule has 108 valence electrons. The molecule has 0 fully saturated rings. The van der Waals surface area contributed by atoms with Gasteiger partial charge in [-0.25, -0.2) is 0 Å². The SMILES string of the molecule is C=C(C)CNC(=S)N(C)Cc1ccc(C(=O)NC)cc1. The third-order valence-electron chi connectivity index (χ3n) is 2.75. The van der Waals surface area contributed by atoms with E-state index in [0.29, 0.717) is 23.8 Å². The zero-order chi connectivity index (χ0) is 15.1. The molecule has 4 nitrogen and oxygen atoms in total. The van der Waals surface area contributed by atoms with E-state index in [9.17, 15) is 4.79 Å². The van der Waals surface area contributed by atoms with Crippen LogP contribution in [0.1, 0.15) is 22.8 Å². The number of amides is 1. The molecule has 0 radical (unpaired) electrons. The van der Waals surface area contributed by atoms with Crippen molar-refractivity contribution < 1.29 is 4.79 Å². The van der Waals surface area contributed by atoms with E-state index in [0.717, 1.165) is 11.1 Å². The largest absolute Gasteiger partial charge is 0.359 e. The molecule has 0 bridgehead atoms. The summed E-state index contributed by atoms with van der Waals surface area (Å²) in [6, 6.07) is 7.49. The lowest BCUT2D eigenvalue weighted by molar-refractivity contribution is 0.0963. The Morgan fingerprint density at radius 3 is 2.45 bits per heavy atom. The highest BCUT2D eigenvalue weighted by Gasteiger charge is 2.06. The molecule has 5 heteroatoms. The Morgan fingerprint density at radius 1 is 1.35 bits per heavy atom. The Hall–Kier alpha value is -1.88. The van der Waals surface area contributed by atoms with Crippen molar-refractivity contribution in [1.82, 2.24) is 15.5 Å². The normalized spacial score (nSPS) is 9.75. The van der Waals surface area contributed by atoms with Gasteiger partial charge >= 0.3 is 0 Å². The number of nitrogens with zero attached hydrogens (tertiary/aromatic N) is 1. The van der Waals surface area contributed by atoms with E-state index in [-0.39, 0.29) is 5.91 Å². The van der Waals surface area contributed by atoms with E-state index in [1.54, 1.807) is 7.05 Å². The topological polar surface area (TPSA) is 44.4 Å². The molecule has 0 spiro atoms. The zero-order valence-electron chi connectivity index (χ0n) is 12.2. The molecule has 2 N–H and O–H groups in total. The molecule has 1 amide bonds. The smallest absolute Gasteiger partial charge is 0.251 e. The highest BCUT2D eigenvalue weighted by atomic mass is 32.1. The summed E-state index contributed by atoms with van der Waals surface area (Å²) in [6.07, 6.45) is 0. The van der Waals surface area contributed by atoms with Crippen LogP contribution in [0.2, 0.25) is 0 Å². The summed E-state index contributed by atoms with van der Waals surface area (Å²) in [5, 5.41) is 6.42. The summed E-state index contributed by atoms with van der Waals surface area (Å²) in [5.41, 5.74) is 2.79. The second kappa shape index (κ2) is 7.65. The van der Waals surface area contributed by atoms with Crippen molar-refractivity contribution in [3.63, 3.8) is 0 Å². The molecule has 0 aromatic heterocycles. The summed E-state index contributed by atoms with van der Waals surface area (Å²) in [4.78, 5) is 13.4. The number of carbonyl (C=O) groups excluding carboxylic acids is 1. The third kappa shape index (κ3) is 5.01. The van der Waals surface area contributed by atoms with E-state index < -0.39 is 0 Å². The maximum atomic E-state index is 11.4. The lowest BCUT2D eigenvalue weighted by Gasteiger charge is -2.21. The number of rotatable bonds is 5. The van der Waals surface area contributed by atoms with Crippen molar-refractivity contribution in [1.29, 1.82) is 0 Å². The van der Waals surface area contributed by atoms with Crippen molar-refractivity contribution in [3.05, 3.63) is 47.5 Å². The molecule has 1 rings (SSSR count). The average molecular weight is 291 g/mol. The number of hydrogen-bond donors (Lipinski definition) is 2. The minimum atomic E-state index is -0.0800. The molecule has 0 saturated heterocycles. The van der Waals surface area contributed by atoms with Crippen LogP contribution in [-0.4, -0.2) is 36.6 Å². The van der Waals surface area contributed by atoms with Crippen LogP contribution in [0.5, 0.6) is 0 Å². The van der Waals surface area contributed by atoms with Crippen LogP contribution in [-0.2, 0) is 6.54 Å². The van der Waals surface area contributed by atoms with Gasteiger partial charge in [-0.15, -0.1) is 0 Å². The summed E-state index contributed by atoms with van der Waals surface area (Å²) in [7, 11) is 3.55. The molecule has 20 heavy (non-hydrogen) atoms. The Kier molecular flexibility index (Phi) is 6.18. The molecule has 0 atom stereocenters. The Bertz CT molecular complexity index is 496. The Morgan fingerprint density at radius 2 is 1.95 bits per heavy atom. The van der Waals surface area contributed by atoms with Gasteiger partial charge in [0, 0.05) is 32.7 Å². The van der Waals surface area contributed by atoms with E-state index >= 15 is 0 Å². The van der Waals surface area contributed by atoms with Crippen molar-refractivity contribution in [2.45, 2.75) is 13.5 Å². The Balaban J connectivity index is 2.57. The van der Waals surface area contributed by atoms with Crippen molar-refractivity contribution >= 4 is 23.2 Å². The van der Waals surface area contributed by atoms with Gasteiger partial charge in [0.05, 0.1) is 0 Å². The van der Waals surface area contributed by atoms with Crippen LogP contribution in [0.3, 0.4) is 0 Å². The van der Waals surface area contributed by atoms with Crippen molar-refractivity contribution in [2.75, 3.05) is 20.6 Å². The molecule has 0 aliphatic heterocycles. The first-order valence-corrected chi connectivity index (χ1v) is 6.79. The molecule has 0 saturated carbocycles.